The number of carbonyl (C=O) groups excluding carboxylic acids is 1. The summed E-state index contributed by atoms with van der Waals surface area (Å²) in [6, 6.07) is 0. The Balaban J connectivity index is 0. The molecule has 0 spiro atoms. The molecule has 152 valence electrons. The number of hydrogen-bond acceptors (Lipinski definition) is 2. The average Bonchev–Trinajstić information content (AvgIpc) is 2.61. The van der Waals surface area contributed by atoms with Crippen molar-refractivity contribution in [2.24, 2.45) is 5.73 Å². The molecule has 0 unspecified atom stereocenters. The Labute approximate surface area is 159 Å². The lowest BCUT2D eigenvalue weighted by Crippen LogP contribution is -2.21. The largest absolute Gasteiger partial charge is 0.370 e. The Hall–Kier alpha value is -0.570. The van der Waals surface area contributed by atoms with Gasteiger partial charge in [0.25, 0.3) is 0 Å². The van der Waals surface area contributed by atoms with Crippen LogP contribution >= 0.6 is 0 Å². The van der Waals surface area contributed by atoms with Crippen LogP contribution in [0.5, 0.6) is 0 Å². The maximum Gasteiger partial charge on any atom is 0.217 e. The summed E-state index contributed by atoms with van der Waals surface area (Å²) in [4.78, 5) is 12.9. The molecule has 0 radical (unpaired) electrons. The van der Waals surface area contributed by atoms with Gasteiger partial charge in [-0.25, -0.2) is 0 Å². The molecule has 0 saturated carbocycles. The standard InChI is InChI=1S/C16H33NO.C6H15N/c1-2-3-4-5-6-7-8-9-10-11-12-13-14-15-16(17)18;1-4-7(5-2)6-3/h2-15H2,1H3,(H2,17,18);4-6H2,1-3H3. The Bertz CT molecular complexity index is 247. The molecule has 0 rings (SSSR count). The van der Waals surface area contributed by atoms with E-state index in [9.17, 15) is 4.79 Å². The highest BCUT2D eigenvalue weighted by Crippen LogP contribution is 2.12. The third-order valence-corrected chi connectivity index (χ3v) is 4.87. The molecular weight excluding hydrogens is 308 g/mol. The maximum absolute atomic E-state index is 10.5. The summed E-state index contributed by atoms with van der Waals surface area (Å²) in [5.74, 6) is -0.155. The number of nitrogens with two attached hydrogens (primary N) is 1. The van der Waals surface area contributed by atoms with Gasteiger partial charge in [0, 0.05) is 6.42 Å². The second kappa shape index (κ2) is 23.4. The lowest BCUT2D eigenvalue weighted by molar-refractivity contribution is -0.118. The topological polar surface area (TPSA) is 46.3 Å². The van der Waals surface area contributed by atoms with Crippen LogP contribution in [0.25, 0.3) is 0 Å². The molecule has 2 N–H and O–H groups in total. The number of nitrogens with zero attached hydrogens (tertiary/aromatic N) is 1. The highest BCUT2D eigenvalue weighted by molar-refractivity contribution is 5.73. The number of primary amides is 1. The second-order valence-electron chi connectivity index (χ2n) is 7.08. The zero-order valence-corrected chi connectivity index (χ0v) is 18.0. The quantitative estimate of drug-likeness (QED) is 0.311. The lowest BCUT2D eigenvalue weighted by Gasteiger charge is -2.13. The molecule has 25 heavy (non-hydrogen) atoms. The highest BCUT2D eigenvalue weighted by Gasteiger charge is 1.95. The molecule has 0 bridgehead atoms. The summed E-state index contributed by atoms with van der Waals surface area (Å²) in [7, 11) is 0. The van der Waals surface area contributed by atoms with Crippen molar-refractivity contribution in [3.63, 3.8) is 0 Å². The third kappa shape index (κ3) is 25.8. The minimum Gasteiger partial charge on any atom is -0.370 e. The molecule has 3 heteroatoms. The monoisotopic (exact) mass is 356 g/mol. The van der Waals surface area contributed by atoms with Crippen LogP contribution in [0.15, 0.2) is 0 Å². The van der Waals surface area contributed by atoms with E-state index < -0.39 is 0 Å². The molecule has 0 atom stereocenters. The van der Waals surface area contributed by atoms with E-state index in [0.29, 0.717) is 6.42 Å². The van der Waals surface area contributed by atoms with Gasteiger partial charge < -0.3 is 10.6 Å². The number of carbonyl (C=O) groups is 1. The van der Waals surface area contributed by atoms with Crippen molar-refractivity contribution in [2.45, 2.75) is 118 Å². The fourth-order valence-corrected chi connectivity index (χ4v) is 2.99. The lowest BCUT2D eigenvalue weighted by atomic mass is 10.0. The average molecular weight is 357 g/mol. The van der Waals surface area contributed by atoms with Crippen molar-refractivity contribution in [3.8, 4) is 0 Å². The van der Waals surface area contributed by atoms with Crippen LogP contribution in [-0.4, -0.2) is 30.4 Å². The van der Waals surface area contributed by atoms with Gasteiger partial charge in [-0.15, -0.1) is 0 Å². The minimum absolute atomic E-state index is 0.155. The first-order valence-electron chi connectivity index (χ1n) is 11.1. The molecular formula is C22H48N2O. The summed E-state index contributed by atoms with van der Waals surface area (Å²) in [5.41, 5.74) is 5.09. The first kappa shape index (κ1) is 26.7. The zero-order chi connectivity index (χ0) is 19.2. The molecule has 0 aromatic carbocycles. The molecule has 0 heterocycles. The Morgan fingerprint density at radius 2 is 0.920 bits per heavy atom. The van der Waals surface area contributed by atoms with Crippen LogP contribution in [0.1, 0.15) is 118 Å². The molecule has 0 saturated heterocycles. The minimum atomic E-state index is -0.155. The van der Waals surface area contributed by atoms with E-state index >= 15 is 0 Å². The van der Waals surface area contributed by atoms with Gasteiger partial charge in [-0.1, -0.05) is 105 Å². The Morgan fingerprint density at radius 1 is 0.600 bits per heavy atom. The molecule has 1 amide bonds. The molecule has 0 aliphatic carbocycles. The van der Waals surface area contributed by atoms with Gasteiger partial charge in [0.05, 0.1) is 0 Å². The fraction of sp³-hybridized carbons (Fsp3) is 0.955. The van der Waals surface area contributed by atoms with E-state index in [4.69, 9.17) is 5.73 Å². The van der Waals surface area contributed by atoms with Gasteiger partial charge in [-0.3, -0.25) is 4.79 Å². The number of hydrogen-bond donors (Lipinski definition) is 1. The third-order valence-electron chi connectivity index (χ3n) is 4.87. The van der Waals surface area contributed by atoms with E-state index in [0.717, 1.165) is 6.42 Å². The molecule has 0 aliphatic heterocycles. The summed E-state index contributed by atoms with van der Waals surface area (Å²) in [5, 5.41) is 0. The van der Waals surface area contributed by atoms with Gasteiger partial charge in [0.15, 0.2) is 0 Å². The van der Waals surface area contributed by atoms with Gasteiger partial charge in [0.1, 0.15) is 0 Å². The zero-order valence-electron chi connectivity index (χ0n) is 18.0. The van der Waals surface area contributed by atoms with Crippen molar-refractivity contribution < 1.29 is 4.79 Å². The van der Waals surface area contributed by atoms with E-state index in [1.54, 1.807) is 0 Å². The first-order valence-corrected chi connectivity index (χ1v) is 11.1. The Kier molecular flexibility index (Phi) is 25.0. The van der Waals surface area contributed by atoms with Crippen molar-refractivity contribution in [1.29, 1.82) is 0 Å². The van der Waals surface area contributed by atoms with Gasteiger partial charge in [0.2, 0.25) is 5.91 Å². The van der Waals surface area contributed by atoms with Crippen LogP contribution in [0.2, 0.25) is 0 Å². The SMILES string of the molecule is CCCCCCCCCCCCCCCC(N)=O.CCN(CC)CC. The van der Waals surface area contributed by atoms with Crippen LogP contribution < -0.4 is 5.73 Å². The fourth-order valence-electron chi connectivity index (χ4n) is 2.99. The molecule has 0 aliphatic rings. The van der Waals surface area contributed by atoms with Crippen LogP contribution in [0, 0.1) is 0 Å². The molecule has 3 nitrogen and oxygen atoms in total. The van der Waals surface area contributed by atoms with E-state index in [1.165, 1.54) is 96.7 Å². The van der Waals surface area contributed by atoms with E-state index in [1.807, 2.05) is 0 Å². The van der Waals surface area contributed by atoms with E-state index in [-0.39, 0.29) is 5.91 Å². The predicted octanol–water partition coefficient (Wildman–Crippen LogP) is 6.30. The van der Waals surface area contributed by atoms with Crippen LogP contribution in [0.3, 0.4) is 0 Å². The summed E-state index contributed by atoms with van der Waals surface area (Å²) >= 11 is 0. The molecule has 0 aromatic rings. The Morgan fingerprint density at radius 3 is 1.16 bits per heavy atom. The van der Waals surface area contributed by atoms with Gasteiger partial charge in [-0.05, 0) is 26.1 Å². The summed E-state index contributed by atoms with van der Waals surface area (Å²) in [6.07, 6.45) is 17.9. The van der Waals surface area contributed by atoms with Crippen molar-refractivity contribution in [2.75, 3.05) is 19.6 Å². The van der Waals surface area contributed by atoms with Gasteiger partial charge >= 0.3 is 0 Å². The van der Waals surface area contributed by atoms with Crippen molar-refractivity contribution in [3.05, 3.63) is 0 Å². The summed E-state index contributed by atoms with van der Waals surface area (Å²) < 4.78 is 0. The normalized spacial score (nSPS) is 10.6. The van der Waals surface area contributed by atoms with E-state index in [2.05, 4.69) is 32.6 Å². The van der Waals surface area contributed by atoms with Crippen LogP contribution in [0.4, 0.5) is 0 Å². The number of unbranched alkanes of at least 4 members (excludes halogenated alkanes) is 12. The van der Waals surface area contributed by atoms with Crippen molar-refractivity contribution >= 4 is 5.91 Å². The predicted molar refractivity (Wildman–Crippen MR) is 113 cm³/mol. The van der Waals surface area contributed by atoms with Crippen molar-refractivity contribution in [1.82, 2.24) is 4.90 Å². The summed E-state index contributed by atoms with van der Waals surface area (Å²) in [6.45, 7) is 12.4. The first-order chi connectivity index (χ1) is 12.1. The molecule has 0 aromatic heterocycles. The maximum atomic E-state index is 10.5. The highest BCUT2D eigenvalue weighted by atomic mass is 16.1. The van der Waals surface area contributed by atoms with Gasteiger partial charge in [-0.2, -0.15) is 0 Å². The second-order valence-corrected chi connectivity index (χ2v) is 7.08. The molecule has 0 fully saturated rings. The number of amides is 1. The smallest absolute Gasteiger partial charge is 0.217 e. The van der Waals surface area contributed by atoms with Crippen LogP contribution in [-0.2, 0) is 4.79 Å². The number of rotatable bonds is 17.